The van der Waals surface area contributed by atoms with Crippen LogP contribution in [0.4, 0.5) is 0 Å². The zero-order chi connectivity index (χ0) is 7.52. The summed E-state index contributed by atoms with van der Waals surface area (Å²) in [6.07, 6.45) is 3.31. The first-order chi connectivity index (χ1) is 5.47. The number of nitrogens with one attached hydrogen (secondary N) is 1. The van der Waals surface area contributed by atoms with Gasteiger partial charge in [0.2, 0.25) is 5.89 Å². The Labute approximate surface area is 69.6 Å². The van der Waals surface area contributed by atoms with Crippen molar-refractivity contribution in [2.75, 3.05) is 18.1 Å². The number of rotatable bonds is 1. The van der Waals surface area contributed by atoms with Gasteiger partial charge in [0.25, 0.3) is 0 Å². The summed E-state index contributed by atoms with van der Waals surface area (Å²) in [7, 11) is 0. The number of hydrogen-bond acceptors (Lipinski definition) is 4. The van der Waals surface area contributed by atoms with E-state index in [0.29, 0.717) is 6.04 Å². The molecule has 1 unspecified atom stereocenters. The van der Waals surface area contributed by atoms with E-state index >= 15 is 0 Å². The van der Waals surface area contributed by atoms with E-state index in [1.54, 1.807) is 12.5 Å². The maximum Gasteiger partial charge on any atom is 0.211 e. The van der Waals surface area contributed by atoms with E-state index in [9.17, 15) is 0 Å². The number of aromatic nitrogens is 1. The average Bonchev–Trinajstić information content (AvgIpc) is 2.58. The minimum absolute atomic E-state index is 0.323. The van der Waals surface area contributed by atoms with Crippen LogP contribution in [0.15, 0.2) is 16.9 Å². The molecule has 1 N–H and O–H groups in total. The molecule has 11 heavy (non-hydrogen) atoms. The molecular formula is C7H10N2OS. The number of oxazole rings is 1. The Morgan fingerprint density at radius 1 is 1.73 bits per heavy atom. The minimum atomic E-state index is 0.323. The zero-order valence-corrected chi connectivity index (χ0v) is 6.93. The van der Waals surface area contributed by atoms with E-state index < -0.39 is 0 Å². The van der Waals surface area contributed by atoms with Crippen molar-refractivity contribution in [1.82, 2.24) is 10.3 Å². The van der Waals surface area contributed by atoms with Gasteiger partial charge in [0, 0.05) is 18.1 Å². The molecule has 0 aromatic carbocycles. The fraction of sp³-hybridized carbons (Fsp3) is 0.571. The highest BCUT2D eigenvalue weighted by Gasteiger charge is 2.17. The van der Waals surface area contributed by atoms with Crippen molar-refractivity contribution in [2.24, 2.45) is 0 Å². The first kappa shape index (κ1) is 7.18. The summed E-state index contributed by atoms with van der Waals surface area (Å²) < 4.78 is 5.19. The Kier molecular flexibility index (Phi) is 2.14. The van der Waals surface area contributed by atoms with Gasteiger partial charge < -0.3 is 9.73 Å². The zero-order valence-electron chi connectivity index (χ0n) is 6.12. The Morgan fingerprint density at radius 2 is 2.73 bits per heavy atom. The summed E-state index contributed by atoms with van der Waals surface area (Å²) in [5, 5.41) is 3.34. The largest absolute Gasteiger partial charge is 0.447 e. The van der Waals surface area contributed by atoms with Crippen molar-refractivity contribution in [3.8, 4) is 0 Å². The predicted octanol–water partition coefficient (Wildman–Crippen LogP) is 1.05. The van der Waals surface area contributed by atoms with Gasteiger partial charge in [-0.3, -0.25) is 0 Å². The van der Waals surface area contributed by atoms with Gasteiger partial charge in [-0.2, -0.15) is 11.8 Å². The molecule has 3 nitrogen and oxygen atoms in total. The molecule has 2 rings (SSSR count). The second kappa shape index (κ2) is 3.28. The lowest BCUT2D eigenvalue weighted by Crippen LogP contribution is -2.30. The minimum Gasteiger partial charge on any atom is -0.447 e. The summed E-state index contributed by atoms with van der Waals surface area (Å²) in [4.78, 5) is 4.10. The van der Waals surface area contributed by atoms with E-state index in [1.807, 2.05) is 11.8 Å². The van der Waals surface area contributed by atoms with Gasteiger partial charge in [-0.1, -0.05) is 0 Å². The highest BCUT2D eigenvalue weighted by Crippen LogP contribution is 2.19. The molecule has 0 radical (unpaired) electrons. The standard InChI is InChI=1S/C7H10N2OS/c1-3-10-7(9-1)6-5-11-4-2-8-6/h1,3,6,8H,2,4-5H2. The topological polar surface area (TPSA) is 38.1 Å². The molecule has 0 amide bonds. The Bertz CT molecular complexity index is 206. The molecule has 1 atom stereocenters. The van der Waals surface area contributed by atoms with Gasteiger partial charge in [-0.25, -0.2) is 4.98 Å². The number of hydrogen-bond donors (Lipinski definition) is 1. The van der Waals surface area contributed by atoms with Crippen LogP contribution in [-0.4, -0.2) is 23.0 Å². The fourth-order valence-electron chi connectivity index (χ4n) is 1.13. The molecule has 1 saturated heterocycles. The molecule has 4 heteroatoms. The van der Waals surface area contributed by atoms with E-state index in [2.05, 4.69) is 10.3 Å². The van der Waals surface area contributed by atoms with Crippen molar-refractivity contribution >= 4 is 11.8 Å². The molecule has 0 aliphatic carbocycles. The molecular weight excluding hydrogens is 160 g/mol. The second-order valence-electron chi connectivity index (χ2n) is 2.45. The monoisotopic (exact) mass is 170 g/mol. The van der Waals surface area contributed by atoms with Gasteiger partial charge in [0.15, 0.2) is 0 Å². The van der Waals surface area contributed by atoms with Crippen LogP contribution in [0.1, 0.15) is 11.9 Å². The lowest BCUT2D eigenvalue weighted by Gasteiger charge is -2.19. The lowest BCUT2D eigenvalue weighted by atomic mass is 10.3. The summed E-state index contributed by atoms with van der Waals surface area (Å²) in [5.41, 5.74) is 0. The van der Waals surface area contributed by atoms with Crippen molar-refractivity contribution in [3.05, 3.63) is 18.4 Å². The van der Waals surface area contributed by atoms with E-state index in [-0.39, 0.29) is 0 Å². The Morgan fingerprint density at radius 3 is 3.36 bits per heavy atom. The highest BCUT2D eigenvalue weighted by molar-refractivity contribution is 7.99. The third-order valence-electron chi connectivity index (χ3n) is 1.67. The van der Waals surface area contributed by atoms with E-state index in [0.717, 1.165) is 18.2 Å². The summed E-state index contributed by atoms with van der Waals surface area (Å²) >= 11 is 1.94. The lowest BCUT2D eigenvalue weighted by molar-refractivity contribution is 0.422. The van der Waals surface area contributed by atoms with Crippen LogP contribution in [0.5, 0.6) is 0 Å². The molecule has 0 bridgehead atoms. The van der Waals surface area contributed by atoms with Crippen LogP contribution in [0, 0.1) is 0 Å². The Hall–Kier alpha value is -0.480. The SMILES string of the molecule is c1coc(C2CSCCN2)n1. The third-order valence-corrected chi connectivity index (χ3v) is 2.73. The third kappa shape index (κ3) is 1.57. The van der Waals surface area contributed by atoms with E-state index in [4.69, 9.17) is 4.42 Å². The maximum atomic E-state index is 5.19. The quantitative estimate of drug-likeness (QED) is 0.683. The normalized spacial score (nSPS) is 25.3. The van der Waals surface area contributed by atoms with Gasteiger partial charge in [-0.15, -0.1) is 0 Å². The molecule has 1 fully saturated rings. The van der Waals surface area contributed by atoms with Crippen LogP contribution in [0.2, 0.25) is 0 Å². The molecule has 1 aliphatic rings. The highest BCUT2D eigenvalue weighted by atomic mass is 32.2. The van der Waals surface area contributed by atoms with Crippen molar-refractivity contribution in [2.45, 2.75) is 6.04 Å². The van der Waals surface area contributed by atoms with Gasteiger partial charge in [0.05, 0.1) is 12.2 Å². The van der Waals surface area contributed by atoms with Crippen molar-refractivity contribution in [1.29, 1.82) is 0 Å². The number of thioether (sulfide) groups is 1. The molecule has 1 aliphatic heterocycles. The molecule has 2 heterocycles. The Balaban J connectivity index is 2.04. The van der Waals surface area contributed by atoms with Crippen LogP contribution in [-0.2, 0) is 0 Å². The van der Waals surface area contributed by atoms with E-state index in [1.165, 1.54) is 5.75 Å². The summed E-state index contributed by atoms with van der Waals surface area (Å²) in [6.45, 7) is 1.05. The van der Waals surface area contributed by atoms with Crippen LogP contribution >= 0.6 is 11.8 Å². The van der Waals surface area contributed by atoms with Crippen LogP contribution in [0.3, 0.4) is 0 Å². The number of nitrogens with zero attached hydrogens (tertiary/aromatic N) is 1. The summed E-state index contributed by atoms with van der Waals surface area (Å²) in [5.74, 6) is 3.08. The van der Waals surface area contributed by atoms with Crippen molar-refractivity contribution < 1.29 is 4.42 Å². The summed E-state index contributed by atoms with van der Waals surface area (Å²) in [6, 6.07) is 0.323. The fourth-order valence-corrected chi connectivity index (χ4v) is 2.06. The van der Waals surface area contributed by atoms with Gasteiger partial charge in [-0.05, 0) is 0 Å². The van der Waals surface area contributed by atoms with Crippen LogP contribution < -0.4 is 5.32 Å². The average molecular weight is 170 g/mol. The first-order valence-corrected chi connectivity index (χ1v) is 4.83. The predicted molar refractivity (Wildman–Crippen MR) is 44.6 cm³/mol. The first-order valence-electron chi connectivity index (χ1n) is 3.67. The molecule has 1 aromatic heterocycles. The molecule has 1 aromatic rings. The molecule has 0 spiro atoms. The van der Waals surface area contributed by atoms with Crippen LogP contribution in [0.25, 0.3) is 0 Å². The van der Waals surface area contributed by atoms with Gasteiger partial charge in [0.1, 0.15) is 6.26 Å². The van der Waals surface area contributed by atoms with Gasteiger partial charge >= 0.3 is 0 Å². The maximum absolute atomic E-state index is 5.19. The smallest absolute Gasteiger partial charge is 0.211 e. The molecule has 60 valence electrons. The second-order valence-corrected chi connectivity index (χ2v) is 3.60. The molecule has 0 saturated carbocycles. The van der Waals surface area contributed by atoms with Crippen molar-refractivity contribution in [3.63, 3.8) is 0 Å².